The van der Waals surface area contributed by atoms with Gasteiger partial charge in [0.25, 0.3) is 0 Å². The van der Waals surface area contributed by atoms with E-state index in [0.717, 1.165) is 6.42 Å². The molecule has 21 heavy (non-hydrogen) atoms. The van der Waals surface area contributed by atoms with E-state index in [4.69, 9.17) is 0 Å². The van der Waals surface area contributed by atoms with Crippen molar-refractivity contribution in [3.63, 3.8) is 0 Å². The van der Waals surface area contributed by atoms with Crippen molar-refractivity contribution in [2.24, 2.45) is 0 Å². The second-order valence-corrected chi connectivity index (χ2v) is 6.56. The molecule has 1 nitrogen and oxygen atoms in total. The minimum atomic E-state index is 0.363. The van der Waals surface area contributed by atoms with Crippen molar-refractivity contribution in [3.05, 3.63) is 70.1 Å². The Kier molecular flexibility index (Phi) is 4.09. The molecule has 1 atom stereocenters. The van der Waals surface area contributed by atoms with Gasteiger partial charge in [0, 0.05) is 10.7 Å². The number of nitrogens with one attached hydrogen (secondary N) is 1. The first-order chi connectivity index (χ1) is 10.2. The van der Waals surface area contributed by atoms with E-state index in [1.807, 2.05) is 11.3 Å². The highest BCUT2D eigenvalue weighted by atomic mass is 32.1. The van der Waals surface area contributed by atoms with Crippen LogP contribution in [-0.2, 0) is 6.42 Å². The molecular formula is C19H21NS. The molecule has 0 aliphatic carbocycles. The van der Waals surface area contributed by atoms with Crippen LogP contribution in [0.1, 0.15) is 28.3 Å². The van der Waals surface area contributed by atoms with Gasteiger partial charge in [-0.25, -0.2) is 0 Å². The Hall–Kier alpha value is -1.64. The third-order valence-electron chi connectivity index (χ3n) is 4.27. The van der Waals surface area contributed by atoms with Crippen LogP contribution < -0.4 is 5.32 Å². The number of benzene rings is 2. The maximum atomic E-state index is 3.47. The van der Waals surface area contributed by atoms with Crippen molar-refractivity contribution in [2.75, 3.05) is 7.05 Å². The average molecular weight is 295 g/mol. The zero-order valence-corrected chi connectivity index (χ0v) is 13.6. The SMILES string of the molecule is CNC(Cc1csc2ccccc12)c1ccc(C)c(C)c1. The summed E-state index contributed by atoms with van der Waals surface area (Å²) in [5.74, 6) is 0. The molecular weight excluding hydrogens is 274 g/mol. The van der Waals surface area contributed by atoms with E-state index in [-0.39, 0.29) is 0 Å². The molecule has 1 heterocycles. The fraction of sp³-hybridized carbons (Fsp3) is 0.263. The lowest BCUT2D eigenvalue weighted by Crippen LogP contribution is -2.18. The van der Waals surface area contributed by atoms with Crippen LogP contribution in [0, 0.1) is 13.8 Å². The first-order valence-corrected chi connectivity index (χ1v) is 8.26. The molecule has 0 saturated carbocycles. The van der Waals surface area contributed by atoms with E-state index in [9.17, 15) is 0 Å². The van der Waals surface area contributed by atoms with Crippen molar-refractivity contribution in [3.8, 4) is 0 Å². The smallest absolute Gasteiger partial charge is 0.0359 e. The molecule has 0 spiro atoms. The quantitative estimate of drug-likeness (QED) is 0.712. The Morgan fingerprint density at radius 2 is 1.86 bits per heavy atom. The normalized spacial score (nSPS) is 12.7. The van der Waals surface area contributed by atoms with Crippen LogP contribution in [0.4, 0.5) is 0 Å². The summed E-state index contributed by atoms with van der Waals surface area (Å²) in [4.78, 5) is 0. The Morgan fingerprint density at radius 1 is 1.05 bits per heavy atom. The molecule has 0 saturated heterocycles. The molecule has 0 radical (unpaired) electrons. The van der Waals surface area contributed by atoms with Crippen LogP contribution >= 0.6 is 11.3 Å². The van der Waals surface area contributed by atoms with Gasteiger partial charge >= 0.3 is 0 Å². The number of hydrogen-bond acceptors (Lipinski definition) is 2. The largest absolute Gasteiger partial charge is 0.313 e. The van der Waals surface area contributed by atoms with Crippen LogP contribution in [-0.4, -0.2) is 7.05 Å². The summed E-state index contributed by atoms with van der Waals surface area (Å²) >= 11 is 1.84. The molecule has 3 rings (SSSR count). The topological polar surface area (TPSA) is 12.0 Å². The summed E-state index contributed by atoms with van der Waals surface area (Å²) in [7, 11) is 2.05. The zero-order chi connectivity index (χ0) is 14.8. The lowest BCUT2D eigenvalue weighted by atomic mass is 9.96. The zero-order valence-electron chi connectivity index (χ0n) is 12.8. The van der Waals surface area contributed by atoms with E-state index in [1.165, 1.54) is 32.3 Å². The maximum Gasteiger partial charge on any atom is 0.0359 e. The van der Waals surface area contributed by atoms with Gasteiger partial charge in [0.15, 0.2) is 0 Å². The molecule has 0 amide bonds. The minimum Gasteiger partial charge on any atom is -0.313 e. The van der Waals surface area contributed by atoms with Gasteiger partial charge in [-0.3, -0.25) is 0 Å². The van der Waals surface area contributed by atoms with Crippen molar-refractivity contribution < 1.29 is 0 Å². The first-order valence-electron chi connectivity index (χ1n) is 7.38. The number of thiophene rings is 1. The van der Waals surface area contributed by atoms with Gasteiger partial charge in [-0.1, -0.05) is 36.4 Å². The number of rotatable bonds is 4. The molecule has 0 bridgehead atoms. The maximum absolute atomic E-state index is 3.47. The second kappa shape index (κ2) is 6.00. The number of aryl methyl sites for hydroxylation is 2. The molecule has 0 aliphatic rings. The fourth-order valence-electron chi connectivity index (χ4n) is 2.78. The summed E-state index contributed by atoms with van der Waals surface area (Å²) in [5.41, 5.74) is 5.53. The van der Waals surface area contributed by atoms with Gasteiger partial charge in [0.1, 0.15) is 0 Å². The van der Waals surface area contributed by atoms with Crippen LogP contribution in [0.15, 0.2) is 47.8 Å². The Balaban J connectivity index is 1.92. The molecule has 2 heteroatoms. The lowest BCUT2D eigenvalue weighted by Gasteiger charge is -2.17. The molecule has 2 aromatic carbocycles. The Labute approximate surface area is 130 Å². The predicted octanol–water partition coefficient (Wildman–Crippen LogP) is 5.02. The Morgan fingerprint density at radius 3 is 2.62 bits per heavy atom. The third kappa shape index (κ3) is 2.87. The van der Waals surface area contributed by atoms with Crippen LogP contribution in [0.25, 0.3) is 10.1 Å². The third-order valence-corrected chi connectivity index (χ3v) is 5.28. The van der Waals surface area contributed by atoms with Crippen LogP contribution in [0.2, 0.25) is 0 Å². The second-order valence-electron chi connectivity index (χ2n) is 5.65. The summed E-state index contributed by atoms with van der Waals surface area (Å²) in [6.45, 7) is 4.35. The predicted molar refractivity (Wildman–Crippen MR) is 93.2 cm³/mol. The van der Waals surface area contributed by atoms with Crippen LogP contribution in [0.5, 0.6) is 0 Å². The van der Waals surface area contributed by atoms with Crippen molar-refractivity contribution >= 4 is 21.4 Å². The highest BCUT2D eigenvalue weighted by molar-refractivity contribution is 7.17. The molecule has 108 valence electrons. The standard InChI is InChI=1S/C19H21NS/c1-13-8-9-15(10-14(13)2)18(20-3)11-16-12-21-19-7-5-4-6-17(16)19/h4-10,12,18,20H,11H2,1-3H3. The molecule has 3 aromatic rings. The average Bonchev–Trinajstić information content (AvgIpc) is 2.91. The van der Waals surface area contributed by atoms with Crippen LogP contribution in [0.3, 0.4) is 0 Å². The van der Waals surface area contributed by atoms with Gasteiger partial charge in [0.2, 0.25) is 0 Å². The summed E-state index contributed by atoms with van der Waals surface area (Å²) in [6, 6.07) is 15.8. The van der Waals surface area contributed by atoms with Gasteiger partial charge in [-0.2, -0.15) is 0 Å². The summed E-state index contributed by atoms with van der Waals surface area (Å²) in [5, 5.41) is 7.17. The number of hydrogen-bond donors (Lipinski definition) is 1. The molecule has 0 fully saturated rings. The van der Waals surface area contributed by atoms with Crippen molar-refractivity contribution in [1.29, 1.82) is 0 Å². The highest BCUT2D eigenvalue weighted by Gasteiger charge is 2.13. The lowest BCUT2D eigenvalue weighted by molar-refractivity contribution is 0.594. The van der Waals surface area contributed by atoms with Gasteiger partial charge in [0.05, 0.1) is 0 Å². The van der Waals surface area contributed by atoms with Gasteiger partial charge in [-0.05, 0) is 66.4 Å². The molecule has 0 aliphatic heterocycles. The summed E-state index contributed by atoms with van der Waals surface area (Å²) < 4.78 is 1.38. The minimum absolute atomic E-state index is 0.363. The van der Waals surface area contributed by atoms with Gasteiger partial charge in [-0.15, -0.1) is 11.3 Å². The van der Waals surface area contributed by atoms with E-state index in [1.54, 1.807) is 0 Å². The monoisotopic (exact) mass is 295 g/mol. The van der Waals surface area contributed by atoms with E-state index in [0.29, 0.717) is 6.04 Å². The van der Waals surface area contributed by atoms with Crippen molar-refractivity contribution in [1.82, 2.24) is 5.32 Å². The van der Waals surface area contributed by atoms with Gasteiger partial charge < -0.3 is 5.32 Å². The Bertz CT molecular complexity index is 757. The van der Waals surface area contributed by atoms with E-state index < -0.39 is 0 Å². The fourth-order valence-corrected chi connectivity index (χ4v) is 3.75. The number of fused-ring (bicyclic) bond motifs is 1. The van der Waals surface area contributed by atoms with Crippen molar-refractivity contribution in [2.45, 2.75) is 26.3 Å². The first kappa shape index (κ1) is 14.3. The molecule has 1 unspecified atom stereocenters. The number of likely N-dealkylation sites (N-methyl/N-ethyl adjacent to an activating group) is 1. The highest BCUT2D eigenvalue weighted by Crippen LogP contribution is 2.29. The van der Waals surface area contributed by atoms with E-state index >= 15 is 0 Å². The van der Waals surface area contributed by atoms with E-state index in [2.05, 4.69) is 74.1 Å². The summed E-state index contributed by atoms with van der Waals surface area (Å²) in [6.07, 6.45) is 1.03. The molecule has 1 N–H and O–H groups in total. The molecule has 1 aromatic heterocycles.